The highest BCUT2D eigenvalue weighted by atomic mass is 35.5. The minimum absolute atomic E-state index is 0.0126. The fourth-order valence-corrected chi connectivity index (χ4v) is 3.67. The van der Waals surface area contributed by atoms with E-state index >= 15 is 0 Å². The van der Waals surface area contributed by atoms with Gasteiger partial charge >= 0.3 is 0 Å². The number of hydrogen-bond acceptors (Lipinski definition) is 6. The second-order valence-electron chi connectivity index (χ2n) is 5.83. The first kappa shape index (κ1) is 19.9. The fraction of sp³-hybridized carbons (Fsp3) is 0.158. The van der Waals surface area contributed by atoms with Gasteiger partial charge in [-0.15, -0.1) is 0 Å². The Morgan fingerprint density at radius 3 is 2.50 bits per heavy atom. The number of nitro benzene ring substituents is 1. The largest absolute Gasteiger partial charge is 0.487 e. The summed E-state index contributed by atoms with van der Waals surface area (Å²) in [5.74, 6) is 0.131. The SMILES string of the molecule is CCN1C(=O)S/C(=C\c2ccc(OCc3ccc([N+](=O)[O-])cc3)c(Cl)c2)C1=O. The summed E-state index contributed by atoms with van der Waals surface area (Å²) in [6, 6.07) is 11.1. The molecule has 0 radical (unpaired) electrons. The predicted octanol–water partition coefficient (Wildman–Crippen LogP) is 4.88. The van der Waals surface area contributed by atoms with Crippen molar-refractivity contribution in [3.8, 4) is 5.75 Å². The number of benzene rings is 2. The van der Waals surface area contributed by atoms with Gasteiger partial charge in [-0.25, -0.2) is 0 Å². The quantitative estimate of drug-likeness (QED) is 0.377. The van der Waals surface area contributed by atoms with E-state index in [1.165, 1.54) is 17.0 Å². The maximum atomic E-state index is 12.1. The number of rotatable bonds is 6. The lowest BCUT2D eigenvalue weighted by Gasteiger charge is -2.09. The van der Waals surface area contributed by atoms with Crippen LogP contribution in [0, 0.1) is 10.1 Å². The Bertz CT molecular complexity index is 975. The van der Waals surface area contributed by atoms with Gasteiger partial charge in [-0.1, -0.05) is 17.7 Å². The standard InChI is InChI=1S/C19H15ClN2O5S/c1-2-21-18(23)17(28-19(21)24)10-13-5-8-16(15(20)9-13)27-11-12-3-6-14(7-4-12)22(25)26/h3-10H,2,11H2,1H3/b17-10-. The van der Waals surface area contributed by atoms with Crippen LogP contribution in [0.15, 0.2) is 47.4 Å². The maximum Gasteiger partial charge on any atom is 0.293 e. The molecule has 0 aromatic heterocycles. The predicted molar refractivity (Wildman–Crippen MR) is 107 cm³/mol. The Morgan fingerprint density at radius 2 is 1.93 bits per heavy atom. The Hall–Kier alpha value is -2.84. The second-order valence-corrected chi connectivity index (χ2v) is 7.23. The summed E-state index contributed by atoms with van der Waals surface area (Å²) in [6.45, 7) is 2.28. The molecule has 1 heterocycles. The van der Waals surface area contributed by atoms with E-state index in [2.05, 4.69) is 0 Å². The molecule has 2 aromatic carbocycles. The third-order valence-corrected chi connectivity index (χ3v) is 5.19. The average Bonchev–Trinajstić information content (AvgIpc) is 2.94. The van der Waals surface area contributed by atoms with Crippen LogP contribution < -0.4 is 4.74 Å². The minimum Gasteiger partial charge on any atom is -0.487 e. The van der Waals surface area contributed by atoms with Gasteiger partial charge in [0, 0.05) is 18.7 Å². The normalized spacial score (nSPS) is 15.4. The molecule has 7 nitrogen and oxygen atoms in total. The summed E-state index contributed by atoms with van der Waals surface area (Å²) in [4.78, 5) is 35.6. The summed E-state index contributed by atoms with van der Waals surface area (Å²) in [5.41, 5.74) is 1.45. The number of carbonyl (C=O) groups is 2. The van der Waals surface area contributed by atoms with Gasteiger partial charge in [0.15, 0.2) is 0 Å². The van der Waals surface area contributed by atoms with Crippen molar-refractivity contribution in [3.63, 3.8) is 0 Å². The highest BCUT2D eigenvalue weighted by Gasteiger charge is 2.33. The van der Waals surface area contributed by atoms with Crippen molar-refractivity contribution in [1.29, 1.82) is 0 Å². The van der Waals surface area contributed by atoms with Crippen LogP contribution in [0.25, 0.3) is 6.08 Å². The lowest BCUT2D eigenvalue weighted by molar-refractivity contribution is -0.384. The van der Waals surface area contributed by atoms with E-state index in [9.17, 15) is 19.7 Å². The van der Waals surface area contributed by atoms with Gasteiger partial charge in [-0.05, 0) is 60.2 Å². The van der Waals surface area contributed by atoms with E-state index in [0.29, 0.717) is 27.8 Å². The number of carbonyl (C=O) groups excluding carboxylic acids is 2. The summed E-state index contributed by atoms with van der Waals surface area (Å²) < 4.78 is 5.66. The van der Waals surface area contributed by atoms with Crippen molar-refractivity contribution in [2.24, 2.45) is 0 Å². The molecule has 0 aliphatic carbocycles. The number of hydrogen-bond donors (Lipinski definition) is 0. The zero-order valence-corrected chi connectivity index (χ0v) is 16.3. The maximum absolute atomic E-state index is 12.1. The van der Waals surface area contributed by atoms with Crippen molar-refractivity contribution < 1.29 is 19.2 Å². The van der Waals surface area contributed by atoms with Gasteiger partial charge in [0.05, 0.1) is 14.9 Å². The van der Waals surface area contributed by atoms with Gasteiger partial charge in [-0.3, -0.25) is 24.6 Å². The number of nitro groups is 1. The molecule has 0 saturated carbocycles. The van der Waals surface area contributed by atoms with Crippen molar-refractivity contribution in [2.45, 2.75) is 13.5 Å². The van der Waals surface area contributed by atoms with Gasteiger partial charge in [0.25, 0.3) is 16.8 Å². The number of likely N-dealkylation sites (N-methyl/N-ethyl adjacent to an activating group) is 1. The number of ether oxygens (including phenoxy) is 1. The Morgan fingerprint density at radius 1 is 1.21 bits per heavy atom. The lowest BCUT2D eigenvalue weighted by Crippen LogP contribution is -2.27. The van der Waals surface area contributed by atoms with Crippen LogP contribution in [0.2, 0.25) is 5.02 Å². The summed E-state index contributed by atoms with van der Waals surface area (Å²) >= 11 is 7.15. The molecule has 0 unspecified atom stereocenters. The van der Waals surface area contributed by atoms with Crippen molar-refractivity contribution in [1.82, 2.24) is 4.90 Å². The van der Waals surface area contributed by atoms with E-state index < -0.39 is 4.92 Å². The molecule has 1 saturated heterocycles. The van der Waals surface area contributed by atoms with E-state index in [1.807, 2.05) is 0 Å². The summed E-state index contributed by atoms with van der Waals surface area (Å²) in [5, 5.41) is 10.7. The Kier molecular flexibility index (Phi) is 6.01. The van der Waals surface area contributed by atoms with E-state index in [0.717, 1.165) is 17.3 Å². The molecule has 2 amide bonds. The zero-order valence-electron chi connectivity index (χ0n) is 14.8. The van der Waals surface area contributed by atoms with Gasteiger partial charge in [0.2, 0.25) is 0 Å². The van der Waals surface area contributed by atoms with Crippen LogP contribution >= 0.6 is 23.4 Å². The number of imide groups is 1. The van der Waals surface area contributed by atoms with Crippen LogP contribution in [-0.4, -0.2) is 27.5 Å². The second kappa shape index (κ2) is 8.45. The van der Waals surface area contributed by atoms with E-state index in [-0.39, 0.29) is 23.4 Å². The average molecular weight is 419 g/mol. The van der Waals surface area contributed by atoms with E-state index in [1.54, 1.807) is 43.3 Å². The van der Waals surface area contributed by atoms with Crippen molar-refractivity contribution >= 4 is 46.3 Å². The number of non-ortho nitro benzene ring substituents is 1. The molecule has 1 aliphatic rings. The highest BCUT2D eigenvalue weighted by Crippen LogP contribution is 2.33. The molecule has 28 heavy (non-hydrogen) atoms. The smallest absolute Gasteiger partial charge is 0.293 e. The molecule has 3 rings (SSSR count). The molecule has 1 fully saturated rings. The molecular weight excluding hydrogens is 404 g/mol. The summed E-state index contributed by atoms with van der Waals surface area (Å²) in [7, 11) is 0. The first-order valence-corrected chi connectivity index (χ1v) is 9.49. The van der Waals surface area contributed by atoms with Crippen LogP contribution in [-0.2, 0) is 11.4 Å². The Balaban J connectivity index is 1.69. The molecule has 9 heteroatoms. The first-order valence-electron chi connectivity index (χ1n) is 8.30. The molecule has 0 bridgehead atoms. The highest BCUT2D eigenvalue weighted by molar-refractivity contribution is 8.18. The molecule has 0 N–H and O–H groups in total. The molecule has 2 aromatic rings. The zero-order chi connectivity index (χ0) is 20.3. The third-order valence-electron chi connectivity index (χ3n) is 3.99. The van der Waals surface area contributed by atoms with Gasteiger partial charge in [0.1, 0.15) is 12.4 Å². The molecule has 0 atom stereocenters. The monoisotopic (exact) mass is 418 g/mol. The molecule has 1 aliphatic heterocycles. The molecule has 144 valence electrons. The van der Waals surface area contributed by atoms with Crippen LogP contribution in [0.4, 0.5) is 10.5 Å². The van der Waals surface area contributed by atoms with Gasteiger partial charge in [-0.2, -0.15) is 0 Å². The molecule has 0 spiro atoms. The number of nitrogens with zero attached hydrogens (tertiary/aromatic N) is 2. The number of halogens is 1. The van der Waals surface area contributed by atoms with Crippen molar-refractivity contribution in [3.05, 3.63) is 73.6 Å². The molecular formula is C19H15ClN2O5S. The van der Waals surface area contributed by atoms with E-state index in [4.69, 9.17) is 16.3 Å². The first-order chi connectivity index (χ1) is 13.4. The fourth-order valence-electron chi connectivity index (χ4n) is 2.52. The van der Waals surface area contributed by atoms with Gasteiger partial charge < -0.3 is 4.74 Å². The number of thioether (sulfide) groups is 1. The van der Waals surface area contributed by atoms with Crippen LogP contribution in [0.5, 0.6) is 5.75 Å². The number of amides is 2. The minimum atomic E-state index is -0.463. The van der Waals surface area contributed by atoms with Crippen LogP contribution in [0.1, 0.15) is 18.1 Å². The lowest BCUT2D eigenvalue weighted by atomic mass is 10.2. The van der Waals surface area contributed by atoms with Crippen LogP contribution in [0.3, 0.4) is 0 Å². The third kappa shape index (κ3) is 4.35. The summed E-state index contributed by atoms with van der Waals surface area (Å²) in [6.07, 6.45) is 1.62. The van der Waals surface area contributed by atoms with Crippen molar-refractivity contribution in [2.75, 3.05) is 6.54 Å². The Labute approximate surface area is 170 Å². The topological polar surface area (TPSA) is 89.8 Å².